The first kappa shape index (κ1) is 18.1. The van der Waals surface area contributed by atoms with E-state index in [1.807, 2.05) is 36.4 Å². The third-order valence-electron chi connectivity index (χ3n) is 4.76. The quantitative estimate of drug-likeness (QED) is 0.458. The van der Waals surface area contributed by atoms with Gasteiger partial charge in [0.2, 0.25) is 0 Å². The monoisotopic (exact) mass is 387 g/mol. The van der Waals surface area contributed by atoms with Crippen LogP contribution in [-0.4, -0.2) is 19.6 Å². The number of benzene rings is 2. The Morgan fingerprint density at radius 1 is 1.11 bits per heavy atom. The number of nitrogens with zero attached hydrogens (tertiary/aromatic N) is 5. The Morgan fingerprint density at radius 3 is 2.64 bits per heavy atom. The molecule has 0 spiro atoms. The molecule has 2 aromatic carbocycles. The minimum atomic E-state index is 0.475. The maximum atomic E-state index is 9.32. The summed E-state index contributed by atoms with van der Waals surface area (Å²) in [6.07, 6.45) is 4.00. The van der Waals surface area contributed by atoms with E-state index in [4.69, 9.17) is 11.6 Å². The fourth-order valence-corrected chi connectivity index (χ4v) is 3.66. The normalized spacial score (nSPS) is 10.9. The molecule has 0 amide bonds. The fourth-order valence-electron chi connectivity index (χ4n) is 3.41. The average Bonchev–Trinajstić information content (AvgIpc) is 3.19. The maximum absolute atomic E-state index is 9.32. The summed E-state index contributed by atoms with van der Waals surface area (Å²) in [4.78, 5) is 8.54. The summed E-state index contributed by atoms with van der Waals surface area (Å²) in [5.74, 6) is 0.528. The van der Waals surface area contributed by atoms with Gasteiger partial charge in [-0.15, -0.1) is 0 Å². The second kappa shape index (κ2) is 7.79. The van der Waals surface area contributed by atoms with E-state index in [1.54, 1.807) is 4.52 Å². The van der Waals surface area contributed by atoms with E-state index in [2.05, 4.69) is 40.2 Å². The van der Waals surface area contributed by atoms with Crippen LogP contribution in [0.1, 0.15) is 35.7 Å². The Hall–Kier alpha value is -3.23. The highest BCUT2D eigenvalue weighted by Crippen LogP contribution is 2.27. The van der Waals surface area contributed by atoms with Gasteiger partial charge < -0.3 is 0 Å². The Balaban J connectivity index is 1.69. The van der Waals surface area contributed by atoms with E-state index >= 15 is 0 Å². The van der Waals surface area contributed by atoms with Crippen molar-refractivity contribution in [1.29, 1.82) is 5.26 Å². The molecule has 2 heterocycles. The first-order chi connectivity index (χ1) is 13.7. The molecule has 0 unspecified atom stereocenters. The average molecular weight is 388 g/mol. The van der Waals surface area contributed by atoms with Gasteiger partial charge in [0.1, 0.15) is 11.5 Å². The molecule has 6 heteroatoms. The smallest absolute Gasteiger partial charge is 0.201 e. The van der Waals surface area contributed by atoms with Crippen LogP contribution in [0.15, 0.2) is 54.9 Å². The summed E-state index contributed by atoms with van der Waals surface area (Å²) in [7, 11) is 0. The largest absolute Gasteiger partial charge is 0.253 e. The molecule has 0 N–H and O–H groups in total. The van der Waals surface area contributed by atoms with Crippen LogP contribution in [-0.2, 0) is 12.8 Å². The molecule has 0 atom stereocenters. The number of nitriles is 1. The van der Waals surface area contributed by atoms with E-state index in [0.29, 0.717) is 22.9 Å². The van der Waals surface area contributed by atoms with Crippen LogP contribution in [0.4, 0.5) is 0 Å². The van der Waals surface area contributed by atoms with E-state index in [0.717, 1.165) is 40.8 Å². The van der Waals surface area contributed by atoms with Crippen LogP contribution < -0.4 is 0 Å². The Bertz CT molecular complexity index is 1170. The number of halogens is 1. The van der Waals surface area contributed by atoms with Crippen molar-refractivity contribution >= 4 is 17.4 Å². The second-order valence-corrected chi connectivity index (χ2v) is 6.94. The second-order valence-electron chi connectivity index (χ2n) is 6.58. The number of hydrogen-bond acceptors (Lipinski definition) is 4. The van der Waals surface area contributed by atoms with Gasteiger partial charge in [0.25, 0.3) is 5.78 Å². The Kier molecular flexibility index (Phi) is 5.05. The zero-order valence-corrected chi connectivity index (χ0v) is 16.2. The van der Waals surface area contributed by atoms with E-state index in [9.17, 15) is 5.26 Å². The van der Waals surface area contributed by atoms with Gasteiger partial charge in [0, 0.05) is 12.0 Å². The predicted octanol–water partition coefficient (Wildman–Crippen LogP) is 4.86. The zero-order chi connectivity index (χ0) is 19.5. The molecule has 0 aliphatic carbocycles. The fraction of sp³-hybridized carbons (Fsp3) is 0.182. The van der Waals surface area contributed by atoms with Gasteiger partial charge in [-0.3, -0.25) is 0 Å². The van der Waals surface area contributed by atoms with Crippen molar-refractivity contribution in [3.8, 4) is 17.2 Å². The SMILES string of the molecule is CCCc1c(Cc2ccc(-c3ccccc3C#N)cc2)c(Cl)nc2ncnn12. The van der Waals surface area contributed by atoms with Crippen LogP contribution in [0.25, 0.3) is 16.9 Å². The lowest BCUT2D eigenvalue weighted by Crippen LogP contribution is -2.08. The molecule has 0 bridgehead atoms. The molecule has 0 fully saturated rings. The molecule has 0 radical (unpaired) electrons. The van der Waals surface area contributed by atoms with E-state index < -0.39 is 0 Å². The van der Waals surface area contributed by atoms with Gasteiger partial charge in [-0.25, -0.2) is 4.52 Å². The third kappa shape index (κ3) is 3.35. The van der Waals surface area contributed by atoms with Crippen LogP contribution in [0.2, 0.25) is 5.15 Å². The van der Waals surface area contributed by atoms with Gasteiger partial charge in [0.05, 0.1) is 17.3 Å². The van der Waals surface area contributed by atoms with Crippen LogP contribution in [0.3, 0.4) is 0 Å². The molecule has 4 aromatic rings. The van der Waals surface area contributed by atoms with Crippen molar-refractivity contribution in [2.24, 2.45) is 0 Å². The van der Waals surface area contributed by atoms with Gasteiger partial charge in [-0.2, -0.15) is 20.3 Å². The third-order valence-corrected chi connectivity index (χ3v) is 5.07. The lowest BCUT2D eigenvalue weighted by atomic mass is 9.97. The predicted molar refractivity (Wildman–Crippen MR) is 109 cm³/mol. The Labute approximate surface area is 168 Å². The molecule has 0 aliphatic rings. The standard InChI is InChI=1S/C22H18ClN5/c1-2-5-20-19(21(23)27-22-25-14-26-28(20)22)12-15-8-10-16(11-9-15)18-7-4-3-6-17(18)13-24/h3-4,6-11,14H,2,5,12H2,1H3. The summed E-state index contributed by atoms with van der Waals surface area (Å²) in [6.45, 7) is 2.13. The number of rotatable bonds is 5. The summed E-state index contributed by atoms with van der Waals surface area (Å²) in [5.41, 5.74) is 5.78. The van der Waals surface area contributed by atoms with Gasteiger partial charge in [-0.05, 0) is 29.2 Å². The van der Waals surface area contributed by atoms with Crippen molar-refractivity contribution in [2.45, 2.75) is 26.2 Å². The maximum Gasteiger partial charge on any atom is 0.253 e. The molecule has 2 aromatic heterocycles. The molecule has 5 nitrogen and oxygen atoms in total. The topological polar surface area (TPSA) is 66.9 Å². The minimum absolute atomic E-state index is 0.475. The number of fused-ring (bicyclic) bond motifs is 1. The van der Waals surface area contributed by atoms with Crippen LogP contribution in [0, 0.1) is 11.3 Å². The molecular weight excluding hydrogens is 370 g/mol. The highest BCUT2D eigenvalue weighted by Gasteiger charge is 2.15. The van der Waals surface area contributed by atoms with E-state index in [1.165, 1.54) is 6.33 Å². The summed E-state index contributed by atoms with van der Waals surface area (Å²) in [5, 5.41) is 14.1. The molecule has 0 saturated carbocycles. The van der Waals surface area contributed by atoms with Gasteiger partial charge in [-0.1, -0.05) is 67.4 Å². The van der Waals surface area contributed by atoms with Crippen LogP contribution >= 0.6 is 11.6 Å². The molecular formula is C22H18ClN5. The summed E-state index contributed by atoms with van der Waals surface area (Å²) >= 11 is 6.49. The number of aryl methyl sites for hydroxylation is 1. The highest BCUT2D eigenvalue weighted by atomic mass is 35.5. The first-order valence-corrected chi connectivity index (χ1v) is 9.54. The molecule has 28 heavy (non-hydrogen) atoms. The lowest BCUT2D eigenvalue weighted by molar-refractivity contribution is 0.777. The zero-order valence-electron chi connectivity index (χ0n) is 15.4. The first-order valence-electron chi connectivity index (χ1n) is 9.16. The molecule has 138 valence electrons. The van der Waals surface area contributed by atoms with Crippen molar-refractivity contribution in [2.75, 3.05) is 0 Å². The van der Waals surface area contributed by atoms with Crippen molar-refractivity contribution < 1.29 is 0 Å². The lowest BCUT2D eigenvalue weighted by Gasteiger charge is -2.12. The number of aromatic nitrogens is 4. The molecule has 4 rings (SSSR count). The molecule has 0 aliphatic heterocycles. The van der Waals surface area contributed by atoms with Crippen LogP contribution in [0.5, 0.6) is 0 Å². The number of hydrogen-bond donors (Lipinski definition) is 0. The van der Waals surface area contributed by atoms with Gasteiger partial charge >= 0.3 is 0 Å². The van der Waals surface area contributed by atoms with Crippen molar-refractivity contribution in [3.63, 3.8) is 0 Å². The molecule has 0 saturated heterocycles. The van der Waals surface area contributed by atoms with E-state index in [-0.39, 0.29) is 0 Å². The van der Waals surface area contributed by atoms with Crippen molar-refractivity contribution in [1.82, 2.24) is 19.6 Å². The highest BCUT2D eigenvalue weighted by molar-refractivity contribution is 6.30. The minimum Gasteiger partial charge on any atom is -0.201 e. The summed E-state index contributed by atoms with van der Waals surface area (Å²) < 4.78 is 1.78. The van der Waals surface area contributed by atoms with Crippen molar-refractivity contribution in [3.05, 3.63) is 82.4 Å². The summed E-state index contributed by atoms with van der Waals surface area (Å²) in [6, 6.07) is 18.1. The Morgan fingerprint density at radius 2 is 1.89 bits per heavy atom. The van der Waals surface area contributed by atoms with Gasteiger partial charge in [0.15, 0.2) is 0 Å².